The van der Waals surface area contributed by atoms with Gasteiger partial charge in [0.05, 0.1) is 21.8 Å². The molecule has 5 heteroatoms. The van der Waals surface area contributed by atoms with Gasteiger partial charge in [-0.1, -0.05) is 37.3 Å². The number of rotatable bonds is 5. The van der Waals surface area contributed by atoms with Gasteiger partial charge in [-0.2, -0.15) is 0 Å². The van der Waals surface area contributed by atoms with Gasteiger partial charge in [0.25, 0.3) is 0 Å². The molecule has 0 radical (unpaired) electrons. The van der Waals surface area contributed by atoms with Gasteiger partial charge < -0.3 is 5.32 Å². The Labute approximate surface area is 170 Å². The van der Waals surface area contributed by atoms with E-state index >= 15 is 0 Å². The lowest BCUT2D eigenvalue weighted by Crippen LogP contribution is -2.39. The highest BCUT2D eigenvalue weighted by atomic mass is 32.1. The summed E-state index contributed by atoms with van der Waals surface area (Å²) in [6.07, 6.45) is 3.18. The van der Waals surface area contributed by atoms with Gasteiger partial charge in [0.15, 0.2) is 0 Å². The van der Waals surface area contributed by atoms with E-state index in [0.29, 0.717) is 12.5 Å². The number of piperidine rings is 1. The van der Waals surface area contributed by atoms with Crippen LogP contribution in [0.5, 0.6) is 0 Å². The summed E-state index contributed by atoms with van der Waals surface area (Å²) in [5, 5.41) is 4.37. The number of amides is 1. The standard InChI is InChI=1S/C23H27N3OS/c1-3-17-9-6-8-16(2)22(17)25-21(27)15-26-13-7-10-18(14-26)23-24-19-11-4-5-12-20(19)28-23/h4-6,8-9,11-12,18H,3,7,10,13-15H2,1-2H3,(H,25,27)/t18-/m0/s1. The van der Waals surface area contributed by atoms with Crippen molar-refractivity contribution in [1.29, 1.82) is 0 Å². The monoisotopic (exact) mass is 393 g/mol. The lowest BCUT2D eigenvalue weighted by molar-refractivity contribution is -0.117. The molecule has 1 fully saturated rings. The van der Waals surface area contributed by atoms with Crippen molar-refractivity contribution in [2.24, 2.45) is 0 Å². The summed E-state index contributed by atoms with van der Waals surface area (Å²) in [5.41, 5.74) is 4.39. The molecule has 1 atom stereocenters. The van der Waals surface area contributed by atoms with Gasteiger partial charge in [0.2, 0.25) is 5.91 Å². The van der Waals surface area contributed by atoms with Crippen molar-refractivity contribution in [3.8, 4) is 0 Å². The second kappa shape index (κ2) is 8.41. The van der Waals surface area contributed by atoms with E-state index in [1.807, 2.05) is 6.07 Å². The van der Waals surface area contributed by atoms with Crippen LogP contribution in [0.4, 0.5) is 5.69 Å². The van der Waals surface area contributed by atoms with Crippen molar-refractivity contribution in [1.82, 2.24) is 9.88 Å². The zero-order chi connectivity index (χ0) is 19.5. The number of likely N-dealkylation sites (tertiary alicyclic amines) is 1. The first-order valence-electron chi connectivity index (χ1n) is 10.1. The smallest absolute Gasteiger partial charge is 0.238 e. The molecule has 0 bridgehead atoms. The Hall–Kier alpha value is -2.24. The molecule has 28 heavy (non-hydrogen) atoms. The number of hydrogen-bond acceptors (Lipinski definition) is 4. The van der Waals surface area contributed by atoms with Crippen molar-refractivity contribution >= 4 is 33.1 Å². The van der Waals surface area contributed by atoms with Crippen LogP contribution in [-0.4, -0.2) is 35.4 Å². The van der Waals surface area contributed by atoms with E-state index in [-0.39, 0.29) is 5.91 Å². The molecule has 1 aliphatic heterocycles. The predicted octanol–water partition coefficient (Wildman–Crippen LogP) is 4.99. The molecule has 1 saturated heterocycles. The van der Waals surface area contributed by atoms with Crippen molar-refractivity contribution in [3.05, 3.63) is 58.6 Å². The molecule has 4 nitrogen and oxygen atoms in total. The summed E-state index contributed by atoms with van der Waals surface area (Å²) in [6.45, 7) is 6.50. The number of fused-ring (bicyclic) bond motifs is 1. The number of anilines is 1. The molecule has 3 aromatic rings. The van der Waals surface area contributed by atoms with E-state index in [2.05, 4.69) is 60.5 Å². The molecule has 0 saturated carbocycles. The second-order valence-electron chi connectivity index (χ2n) is 7.60. The summed E-state index contributed by atoms with van der Waals surface area (Å²) in [4.78, 5) is 19.8. The Morgan fingerprint density at radius 3 is 2.93 bits per heavy atom. The van der Waals surface area contributed by atoms with E-state index in [1.165, 1.54) is 15.3 Å². The van der Waals surface area contributed by atoms with Gasteiger partial charge in [-0.15, -0.1) is 11.3 Å². The number of benzene rings is 2. The molecule has 146 valence electrons. The Morgan fingerprint density at radius 1 is 1.25 bits per heavy atom. The molecule has 1 aliphatic rings. The van der Waals surface area contributed by atoms with Gasteiger partial charge in [0.1, 0.15) is 0 Å². The number of thiazole rings is 1. The average molecular weight is 394 g/mol. The number of hydrogen-bond donors (Lipinski definition) is 1. The van der Waals surface area contributed by atoms with Gasteiger partial charge in [0, 0.05) is 18.2 Å². The SMILES string of the molecule is CCc1cccc(C)c1NC(=O)CN1CCC[C@H](c2nc3ccccc3s2)C1. The Morgan fingerprint density at radius 2 is 2.11 bits per heavy atom. The third kappa shape index (κ3) is 4.10. The number of carbonyl (C=O) groups is 1. The van der Waals surface area contributed by atoms with Crippen LogP contribution in [0.1, 0.15) is 41.8 Å². The van der Waals surface area contributed by atoms with E-state index in [0.717, 1.165) is 49.1 Å². The van der Waals surface area contributed by atoms with Crippen LogP contribution in [0.3, 0.4) is 0 Å². The fourth-order valence-corrected chi connectivity index (χ4v) is 5.14. The number of aromatic nitrogens is 1. The summed E-state index contributed by atoms with van der Waals surface area (Å²) in [5.74, 6) is 0.498. The topological polar surface area (TPSA) is 45.2 Å². The zero-order valence-corrected chi connectivity index (χ0v) is 17.4. The van der Waals surface area contributed by atoms with E-state index in [1.54, 1.807) is 11.3 Å². The second-order valence-corrected chi connectivity index (χ2v) is 8.67. The van der Waals surface area contributed by atoms with Crippen LogP contribution in [-0.2, 0) is 11.2 Å². The highest BCUT2D eigenvalue weighted by Gasteiger charge is 2.25. The van der Waals surface area contributed by atoms with Gasteiger partial charge >= 0.3 is 0 Å². The largest absolute Gasteiger partial charge is 0.324 e. The first-order chi connectivity index (χ1) is 13.6. The Balaban J connectivity index is 1.42. The summed E-state index contributed by atoms with van der Waals surface area (Å²) in [6, 6.07) is 14.5. The van der Waals surface area contributed by atoms with Gasteiger partial charge in [-0.05, 0) is 56.0 Å². The predicted molar refractivity (Wildman–Crippen MR) is 117 cm³/mol. The minimum absolute atomic E-state index is 0.0777. The lowest BCUT2D eigenvalue weighted by Gasteiger charge is -2.31. The fourth-order valence-electron chi connectivity index (χ4n) is 4.05. The minimum Gasteiger partial charge on any atom is -0.324 e. The first kappa shape index (κ1) is 19.1. The van der Waals surface area contributed by atoms with Gasteiger partial charge in [-0.25, -0.2) is 4.98 Å². The summed E-state index contributed by atoms with van der Waals surface area (Å²) >= 11 is 1.80. The third-order valence-electron chi connectivity index (χ3n) is 5.54. The molecule has 2 aromatic carbocycles. The summed E-state index contributed by atoms with van der Waals surface area (Å²) in [7, 11) is 0. The van der Waals surface area contributed by atoms with Crippen LogP contribution < -0.4 is 5.32 Å². The minimum atomic E-state index is 0.0777. The number of carbonyl (C=O) groups excluding carboxylic acids is 1. The number of aryl methyl sites for hydroxylation is 2. The maximum Gasteiger partial charge on any atom is 0.238 e. The lowest BCUT2D eigenvalue weighted by atomic mass is 9.98. The Kier molecular flexibility index (Phi) is 5.74. The van der Waals surface area contributed by atoms with E-state index < -0.39 is 0 Å². The normalized spacial score (nSPS) is 17.7. The first-order valence-corrected chi connectivity index (χ1v) is 10.9. The average Bonchev–Trinajstić information content (AvgIpc) is 3.14. The molecular formula is C23H27N3OS. The van der Waals surface area contributed by atoms with Crippen LogP contribution in [0, 0.1) is 6.92 Å². The quantitative estimate of drug-likeness (QED) is 0.664. The van der Waals surface area contributed by atoms with Crippen LogP contribution in [0.2, 0.25) is 0 Å². The van der Waals surface area contributed by atoms with Crippen molar-refractivity contribution < 1.29 is 4.79 Å². The van der Waals surface area contributed by atoms with E-state index in [4.69, 9.17) is 4.98 Å². The maximum atomic E-state index is 12.7. The van der Waals surface area contributed by atoms with Gasteiger partial charge in [-0.3, -0.25) is 9.69 Å². The molecule has 4 rings (SSSR count). The van der Waals surface area contributed by atoms with Crippen LogP contribution in [0.25, 0.3) is 10.2 Å². The van der Waals surface area contributed by atoms with E-state index in [9.17, 15) is 4.79 Å². The Bertz CT molecular complexity index is 948. The van der Waals surface area contributed by atoms with Crippen LogP contribution >= 0.6 is 11.3 Å². The number of nitrogens with zero attached hydrogens (tertiary/aromatic N) is 2. The molecule has 0 unspecified atom stereocenters. The molecule has 1 N–H and O–H groups in total. The maximum absolute atomic E-state index is 12.7. The molecule has 0 spiro atoms. The molecule has 0 aliphatic carbocycles. The molecular weight excluding hydrogens is 366 g/mol. The number of nitrogens with one attached hydrogen (secondary N) is 1. The highest BCUT2D eigenvalue weighted by molar-refractivity contribution is 7.18. The van der Waals surface area contributed by atoms with Crippen molar-refractivity contribution in [2.75, 3.05) is 25.0 Å². The molecule has 2 heterocycles. The van der Waals surface area contributed by atoms with Crippen molar-refractivity contribution in [3.63, 3.8) is 0 Å². The summed E-state index contributed by atoms with van der Waals surface area (Å²) < 4.78 is 1.25. The zero-order valence-electron chi connectivity index (χ0n) is 16.6. The highest BCUT2D eigenvalue weighted by Crippen LogP contribution is 2.33. The van der Waals surface area contributed by atoms with Crippen molar-refractivity contribution in [2.45, 2.75) is 39.0 Å². The molecule has 1 aromatic heterocycles. The fraction of sp³-hybridized carbons (Fsp3) is 0.391. The number of para-hydroxylation sites is 2. The third-order valence-corrected chi connectivity index (χ3v) is 6.74. The van der Waals surface area contributed by atoms with Crippen LogP contribution in [0.15, 0.2) is 42.5 Å². The molecule has 1 amide bonds.